The van der Waals surface area contributed by atoms with Gasteiger partial charge in [-0.15, -0.1) is 0 Å². The molecule has 27 heavy (non-hydrogen) atoms. The number of hydrogen-bond acceptors (Lipinski definition) is 3. The number of hydrazone groups is 1. The van der Waals surface area contributed by atoms with Crippen LogP contribution >= 0.6 is 23.2 Å². The summed E-state index contributed by atoms with van der Waals surface area (Å²) in [6.07, 6.45) is 1.59. The Labute approximate surface area is 167 Å². The van der Waals surface area contributed by atoms with Crippen molar-refractivity contribution in [2.75, 3.05) is 6.61 Å². The van der Waals surface area contributed by atoms with Crippen molar-refractivity contribution in [3.8, 4) is 11.4 Å². The highest BCUT2D eigenvalue weighted by molar-refractivity contribution is 6.35. The second-order valence-corrected chi connectivity index (χ2v) is 6.57. The van der Waals surface area contributed by atoms with E-state index in [1.807, 2.05) is 54.0 Å². The largest absolute Gasteiger partial charge is 0.482 e. The van der Waals surface area contributed by atoms with Crippen molar-refractivity contribution >= 4 is 35.3 Å². The van der Waals surface area contributed by atoms with E-state index in [0.29, 0.717) is 15.8 Å². The van der Waals surface area contributed by atoms with Crippen LogP contribution in [0.1, 0.15) is 11.4 Å². The molecule has 0 saturated heterocycles. The van der Waals surface area contributed by atoms with Crippen molar-refractivity contribution < 1.29 is 9.53 Å². The molecule has 0 saturated carbocycles. The zero-order chi connectivity index (χ0) is 19.2. The van der Waals surface area contributed by atoms with Crippen LogP contribution in [0.25, 0.3) is 5.69 Å². The molecule has 1 aromatic heterocycles. The molecule has 5 nitrogen and oxygen atoms in total. The van der Waals surface area contributed by atoms with Crippen molar-refractivity contribution in [1.29, 1.82) is 0 Å². The van der Waals surface area contributed by atoms with Crippen molar-refractivity contribution in [3.63, 3.8) is 0 Å². The van der Waals surface area contributed by atoms with Gasteiger partial charge in [0.15, 0.2) is 6.61 Å². The molecule has 0 bridgehead atoms. The highest BCUT2D eigenvalue weighted by Crippen LogP contribution is 2.27. The average molecular weight is 402 g/mol. The molecule has 1 heterocycles. The highest BCUT2D eigenvalue weighted by atomic mass is 35.5. The Bertz CT molecular complexity index is 969. The zero-order valence-electron chi connectivity index (χ0n) is 14.5. The van der Waals surface area contributed by atoms with Gasteiger partial charge in [0.25, 0.3) is 5.91 Å². The molecule has 0 aliphatic carbocycles. The van der Waals surface area contributed by atoms with Crippen molar-refractivity contribution in [2.24, 2.45) is 5.10 Å². The first-order valence-corrected chi connectivity index (χ1v) is 8.94. The maximum Gasteiger partial charge on any atom is 0.277 e. The number of benzene rings is 2. The lowest BCUT2D eigenvalue weighted by Crippen LogP contribution is -2.24. The molecular weight excluding hydrogens is 385 g/mol. The normalized spacial score (nSPS) is 10.9. The van der Waals surface area contributed by atoms with E-state index in [2.05, 4.69) is 10.5 Å². The van der Waals surface area contributed by atoms with Gasteiger partial charge in [0.05, 0.1) is 16.9 Å². The Morgan fingerprint density at radius 3 is 2.67 bits per heavy atom. The molecule has 0 aliphatic rings. The van der Waals surface area contributed by atoms with E-state index in [0.717, 1.165) is 17.1 Å². The smallest absolute Gasteiger partial charge is 0.277 e. The van der Waals surface area contributed by atoms with Crippen molar-refractivity contribution in [1.82, 2.24) is 9.99 Å². The summed E-state index contributed by atoms with van der Waals surface area (Å²) in [5.41, 5.74) is 5.38. The third-order valence-corrected chi connectivity index (χ3v) is 4.29. The average Bonchev–Trinajstić information content (AvgIpc) is 3.02. The minimum Gasteiger partial charge on any atom is -0.482 e. The molecule has 0 aliphatic heterocycles. The molecule has 0 fully saturated rings. The highest BCUT2D eigenvalue weighted by Gasteiger charge is 2.07. The fourth-order valence-corrected chi connectivity index (χ4v) is 2.99. The lowest BCUT2D eigenvalue weighted by atomic mass is 10.3. The molecule has 0 spiro atoms. The maximum atomic E-state index is 11.9. The van der Waals surface area contributed by atoms with E-state index in [4.69, 9.17) is 27.9 Å². The summed E-state index contributed by atoms with van der Waals surface area (Å²) in [4.78, 5) is 11.9. The van der Waals surface area contributed by atoms with Crippen LogP contribution < -0.4 is 10.2 Å². The third-order valence-electron chi connectivity index (χ3n) is 3.76. The first-order valence-electron chi connectivity index (χ1n) is 8.18. The summed E-state index contributed by atoms with van der Waals surface area (Å²) in [6, 6.07) is 18.6. The standard InChI is InChI=1S/C20H17Cl2N3O2/c1-14-7-9-17(25(14)16-5-3-2-4-6-16)12-23-24-20(26)13-27-19-10-8-15(21)11-18(19)22/h2-12H,13H2,1H3,(H,24,26)/b23-12-. The number of aromatic nitrogens is 1. The SMILES string of the molecule is Cc1ccc(/C=N\NC(=O)COc2ccc(Cl)cc2Cl)n1-c1ccccc1. The second kappa shape index (κ2) is 8.75. The molecule has 3 rings (SSSR count). The number of hydrogen-bond donors (Lipinski definition) is 1. The summed E-state index contributed by atoms with van der Waals surface area (Å²) in [5.74, 6) is -0.0134. The third kappa shape index (κ3) is 4.90. The molecule has 7 heteroatoms. The number of nitrogens with one attached hydrogen (secondary N) is 1. The summed E-state index contributed by atoms with van der Waals surface area (Å²) < 4.78 is 7.41. The minimum atomic E-state index is -0.396. The quantitative estimate of drug-likeness (QED) is 0.483. The van der Waals surface area contributed by atoms with E-state index in [-0.39, 0.29) is 6.61 Å². The van der Waals surface area contributed by atoms with Crippen LogP contribution in [0.2, 0.25) is 10.0 Å². The second-order valence-electron chi connectivity index (χ2n) is 5.73. The zero-order valence-corrected chi connectivity index (χ0v) is 16.0. The van der Waals surface area contributed by atoms with Gasteiger partial charge >= 0.3 is 0 Å². The molecule has 3 aromatic rings. The van der Waals surface area contributed by atoms with E-state index in [1.165, 1.54) is 0 Å². The Morgan fingerprint density at radius 2 is 1.93 bits per heavy atom. The van der Waals surface area contributed by atoms with Crippen LogP contribution in [0.5, 0.6) is 5.75 Å². The number of ether oxygens (including phenoxy) is 1. The molecule has 0 unspecified atom stereocenters. The van der Waals surface area contributed by atoms with Gasteiger partial charge in [0, 0.05) is 16.4 Å². The fourth-order valence-electron chi connectivity index (χ4n) is 2.53. The molecular formula is C20H17Cl2N3O2. The summed E-state index contributed by atoms with van der Waals surface area (Å²) in [5, 5.41) is 4.85. The lowest BCUT2D eigenvalue weighted by molar-refractivity contribution is -0.123. The topological polar surface area (TPSA) is 55.6 Å². The first-order chi connectivity index (χ1) is 13.0. The lowest BCUT2D eigenvalue weighted by Gasteiger charge is -2.09. The number of halogens is 2. The molecule has 2 aromatic carbocycles. The molecule has 0 radical (unpaired) electrons. The summed E-state index contributed by atoms with van der Waals surface area (Å²) in [6.45, 7) is 1.80. The maximum absolute atomic E-state index is 11.9. The number of rotatable bonds is 6. The molecule has 1 amide bonds. The Hall–Kier alpha value is -2.76. The van der Waals surface area contributed by atoms with Gasteiger partial charge in [0.2, 0.25) is 0 Å². The van der Waals surface area contributed by atoms with Gasteiger partial charge < -0.3 is 9.30 Å². The van der Waals surface area contributed by atoms with E-state index in [1.54, 1.807) is 24.4 Å². The molecule has 138 valence electrons. The number of para-hydroxylation sites is 1. The van der Waals surface area contributed by atoms with E-state index >= 15 is 0 Å². The predicted octanol–water partition coefficient (Wildman–Crippen LogP) is 4.62. The predicted molar refractivity (Wildman–Crippen MR) is 108 cm³/mol. The van der Waals surface area contributed by atoms with Gasteiger partial charge in [-0.2, -0.15) is 5.10 Å². The summed E-state index contributed by atoms with van der Waals surface area (Å²) in [7, 11) is 0. The molecule has 1 N–H and O–H groups in total. The van der Waals surface area contributed by atoms with Crippen molar-refractivity contribution in [3.05, 3.63) is 82.1 Å². The van der Waals surface area contributed by atoms with E-state index in [9.17, 15) is 4.79 Å². The summed E-state index contributed by atoms with van der Waals surface area (Å²) >= 11 is 11.8. The number of aryl methyl sites for hydroxylation is 1. The fraction of sp³-hybridized carbons (Fsp3) is 0.100. The van der Waals surface area contributed by atoms with Crippen LogP contribution in [0.3, 0.4) is 0 Å². The van der Waals surface area contributed by atoms with Crippen LogP contribution in [-0.2, 0) is 4.79 Å². The van der Waals surface area contributed by atoms with Crippen LogP contribution in [0.4, 0.5) is 0 Å². The van der Waals surface area contributed by atoms with Gasteiger partial charge in [-0.1, -0.05) is 41.4 Å². The van der Waals surface area contributed by atoms with Crippen LogP contribution in [-0.4, -0.2) is 23.3 Å². The van der Waals surface area contributed by atoms with E-state index < -0.39 is 5.91 Å². The van der Waals surface area contributed by atoms with Gasteiger partial charge in [-0.25, -0.2) is 5.43 Å². The van der Waals surface area contributed by atoms with Crippen molar-refractivity contribution in [2.45, 2.75) is 6.92 Å². The Morgan fingerprint density at radius 1 is 1.15 bits per heavy atom. The monoisotopic (exact) mass is 401 g/mol. The van der Waals surface area contributed by atoms with Gasteiger partial charge in [-0.3, -0.25) is 4.79 Å². The minimum absolute atomic E-state index is 0.211. The molecule has 0 atom stereocenters. The Kier molecular flexibility index (Phi) is 6.16. The number of nitrogens with zero attached hydrogens (tertiary/aromatic N) is 2. The number of carbonyl (C=O) groups is 1. The first kappa shape index (κ1) is 19.0. The van der Waals surface area contributed by atoms with Gasteiger partial charge in [-0.05, 0) is 49.4 Å². The number of amides is 1. The Balaban J connectivity index is 1.60. The van der Waals surface area contributed by atoms with Crippen LogP contribution in [0, 0.1) is 6.92 Å². The number of carbonyl (C=O) groups excluding carboxylic acids is 1. The van der Waals surface area contributed by atoms with Gasteiger partial charge in [0.1, 0.15) is 5.75 Å². The van der Waals surface area contributed by atoms with Crippen LogP contribution in [0.15, 0.2) is 65.8 Å².